The van der Waals surface area contributed by atoms with Gasteiger partial charge in [-0.2, -0.15) is 4.98 Å². The van der Waals surface area contributed by atoms with Crippen LogP contribution >= 0.6 is 0 Å². The Hall–Kier alpha value is -4.32. The lowest BCUT2D eigenvalue weighted by Crippen LogP contribution is -2.43. The minimum Gasteiger partial charge on any atom is -0.469 e. The molecule has 3 amide bonds. The summed E-state index contributed by atoms with van der Waals surface area (Å²) in [5, 5.41) is 5.22. The van der Waals surface area contributed by atoms with Gasteiger partial charge in [-0.1, -0.05) is 6.07 Å². The minimum absolute atomic E-state index is 0.0222. The smallest absolute Gasteiger partial charge is 0.323 e. The molecule has 5 heterocycles. The SMILES string of the molecule is CCN1CC(C)(C)Oc2nc(N3CC4CCC(C3)O4)nc(-c3ccc(NC(=O)Nc4ccnc(C)c4)c(F)c3)c2C1=O. The average Bonchev–Trinajstić information content (AvgIpc) is 3.23. The van der Waals surface area contributed by atoms with E-state index in [1.54, 1.807) is 36.2 Å². The van der Waals surface area contributed by atoms with Gasteiger partial charge in [0, 0.05) is 42.8 Å². The molecule has 3 aliphatic rings. The molecule has 0 spiro atoms. The molecule has 2 atom stereocenters. The molecule has 2 aromatic heterocycles. The van der Waals surface area contributed by atoms with Crippen LogP contribution in [0.4, 0.5) is 26.5 Å². The molecule has 3 aliphatic heterocycles. The monoisotopic (exact) mass is 575 g/mol. The summed E-state index contributed by atoms with van der Waals surface area (Å²) in [5.74, 6) is -0.376. The van der Waals surface area contributed by atoms with Crippen molar-refractivity contribution in [1.82, 2.24) is 19.9 Å². The Morgan fingerprint density at radius 2 is 1.88 bits per heavy atom. The Morgan fingerprint density at radius 1 is 1.12 bits per heavy atom. The van der Waals surface area contributed by atoms with E-state index in [0.717, 1.165) is 18.5 Å². The van der Waals surface area contributed by atoms with Crippen molar-refractivity contribution in [2.24, 2.45) is 0 Å². The standard InChI is InChI=1S/C30H34FN7O4/c1-5-37-16-30(3,4)42-26-24(27(37)39)25(35-28(36-26)38-14-20-7-8-21(15-38)41-20)18-6-9-23(22(31)13-18)34-29(40)33-19-10-11-32-17(2)12-19/h6,9-13,20-21H,5,7-8,14-16H2,1-4H3,(H2,32,33,34,40). The first-order valence-electron chi connectivity index (χ1n) is 14.2. The number of nitrogens with zero attached hydrogens (tertiary/aromatic N) is 5. The Bertz CT molecular complexity index is 1540. The van der Waals surface area contributed by atoms with Crippen molar-refractivity contribution >= 4 is 29.3 Å². The number of carbonyl (C=O) groups excluding carboxylic acids is 2. The lowest BCUT2D eigenvalue weighted by Gasteiger charge is -2.33. The first-order chi connectivity index (χ1) is 20.1. The normalized spacial score (nSPS) is 20.9. The van der Waals surface area contributed by atoms with Crippen LogP contribution in [0.15, 0.2) is 36.5 Å². The number of aromatic nitrogens is 3. The summed E-state index contributed by atoms with van der Waals surface area (Å²) >= 11 is 0. The van der Waals surface area contributed by atoms with Crippen molar-refractivity contribution in [2.75, 3.05) is 41.7 Å². The highest BCUT2D eigenvalue weighted by Gasteiger charge is 2.39. The van der Waals surface area contributed by atoms with Crippen molar-refractivity contribution < 1.29 is 23.5 Å². The summed E-state index contributed by atoms with van der Waals surface area (Å²) < 4.78 is 27.8. The topological polar surface area (TPSA) is 122 Å². The third-order valence-electron chi connectivity index (χ3n) is 7.66. The van der Waals surface area contributed by atoms with Crippen LogP contribution in [0, 0.1) is 12.7 Å². The highest BCUT2D eigenvalue weighted by atomic mass is 19.1. The molecule has 42 heavy (non-hydrogen) atoms. The molecule has 11 nitrogen and oxygen atoms in total. The van der Waals surface area contributed by atoms with E-state index in [9.17, 15) is 9.59 Å². The summed E-state index contributed by atoms with van der Waals surface area (Å²) in [6, 6.07) is 7.10. The Morgan fingerprint density at radius 3 is 2.57 bits per heavy atom. The number of benzene rings is 1. The number of morpholine rings is 1. The molecule has 12 heteroatoms. The summed E-state index contributed by atoms with van der Waals surface area (Å²) in [7, 11) is 0. The van der Waals surface area contributed by atoms with Gasteiger partial charge in [0.2, 0.25) is 11.8 Å². The number of carbonyl (C=O) groups is 2. The maximum absolute atomic E-state index is 15.5. The predicted molar refractivity (Wildman–Crippen MR) is 155 cm³/mol. The first kappa shape index (κ1) is 27.8. The number of likely N-dealkylation sites (N-methyl/N-ethyl adjacent to an activating group) is 1. The van der Waals surface area contributed by atoms with Crippen molar-refractivity contribution in [2.45, 2.75) is 58.3 Å². The molecule has 0 aliphatic carbocycles. The molecule has 220 valence electrons. The number of hydrogen-bond donors (Lipinski definition) is 2. The second-order valence-corrected chi connectivity index (χ2v) is 11.6. The predicted octanol–water partition coefficient (Wildman–Crippen LogP) is 4.63. The zero-order chi connectivity index (χ0) is 29.6. The number of ether oxygens (including phenoxy) is 2. The van der Waals surface area contributed by atoms with Crippen LogP contribution in [0.3, 0.4) is 0 Å². The van der Waals surface area contributed by atoms with E-state index in [2.05, 4.69) is 20.5 Å². The summed E-state index contributed by atoms with van der Waals surface area (Å²) in [6.45, 7) is 9.59. The van der Waals surface area contributed by atoms with E-state index in [0.29, 0.717) is 43.4 Å². The lowest BCUT2D eigenvalue weighted by atomic mass is 10.0. The third kappa shape index (κ3) is 5.58. The van der Waals surface area contributed by atoms with Crippen molar-refractivity contribution in [3.63, 3.8) is 0 Å². The fraction of sp³-hybridized carbons (Fsp3) is 0.433. The van der Waals surface area contributed by atoms with Gasteiger partial charge in [-0.3, -0.25) is 9.78 Å². The number of hydrogen-bond acceptors (Lipinski definition) is 8. The van der Waals surface area contributed by atoms with E-state index in [1.165, 1.54) is 12.1 Å². The molecule has 1 aromatic carbocycles. The second-order valence-electron chi connectivity index (χ2n) is 11.6. The van der Waals surface area contributed by atoms with E-state index >= 15 is 4.39 Å². The molecule has 2 N–H and O–H groups in total. The number of rotatable bonds is 5. The van der Waals surface area contributed by atoms with Crippen LogP contribution in [-0.2, 0) is 4.74 Å². The van der Waals surface area contributed by atoms with Crippen molar-refractivity contribution in [3.05, 3.63) is 53.6 Å². The van der Waals surface area contributed by atoms with Gasteiger partial charge in [-0.25, -0.2) is 14.2 Å². The molecule has 3 aromatic rings. The van der Waals surface area contributed by atoms with Gasteiger partial charge in [0.15, 0.2) is 0 Å². The van der Waals surface area contributed by atoms with Gasteiger partial charge in [-0.15, -0.1) is 0 Å². The average molecular weight is 576 g/mol. The number of pyridine rings is 1. The van der Waals surface area contributed by atoms with Crippen LogP contribution in [-0.4, -0.2) is 75.8 Å². The zero-order valence-corrected chi connectivity index (χ0v) is 24.1. The highest BCUT2D eigenvalue weighted by Crippen LogP contribution is 2.38. The van der Waals surface area contributed by atoms with E-state index < -0.39 is 17.4 Å². The van der Waals surface area contributed by atoms with Gasteiger partial charge in [0.05, 0.1) is 30.1 Å². The number of amides is 3. The van der Waals surface area contributed by atoms with E-state index in [-0.39, 0.29) is 40.9 Å². The molecule has 6 rings (SSSR count). The number of nitrogens with one attached hydrogen (secondary N) is 2. The molecule has 2 unspecified atom stereocenters. The zero-order valence-electron chi connectivity index (χ0n) is 24.1. The van der Waals surface area contributed by atoms with E-state index in [1.807, 2.05) is 20.8 Å². The molecular formula is C30H34FN7O4. The fourth-order valence-corrected chi connectivity index (χ4v) is 5.73. The third-order valence-corrected chi connectivity index (χ3v) is 7.66. The second kappa shape index (κ2) is 10.8. The van der Waals surface area contributed by atoms with Gasteiger partial charge in [0.25, 0.3) is 5.91 Å². The van der Waals surface area contributed by atoms with Crippen LogP contribution < -0.4 is 20.3 Å². The van der Waals surface area contributed by atoms with Crippen molar-refractivity contribution in [3.8, 4) is 17.1 Å². The Balaban J connectivity index is 1.37. The maximum Gasteiger partial charge on any atom is 0.323 e. The Kier molecular flexibility index (Phi) is 7.17. The fourth-order valence-electron chi connectivity index (χ4n) is 5.73. The summed E-state index contributed by atoms with van der Waals surface area (Å²) in [4.78, 5) is 43.8. The highest BCUT2D eigenvalue weighted by molar-refractivity contribution is 6.03. The minimum atomic E-state index is -0.705. The van der Waals surface area contributed by atoms with Gasteiger partial charge in [-0.05, 0) is 64.8 Å². The van der Waals surface area contributed by atoms with Gasteiger partial charge in [0.1, 0.15) is 17.0 Å². The molecular weight excluding hydrogens is 541 g/mol. The summed E-state index contributed by atoms with van der Waals surface area (Å²) in [5.41, 5.74) is 1.37. The maximum atomic E-state index is 15.5. The quantitative estimate of drug-likeness (QED) is 0.452. The van der Waals surface area contributed by atoms with Crippen LogP contribution in [0.25, 0.3) is 11.3 Å². The van der Waals surface area contributed by atoms with Crippen LogP contribution in [0.2, 0.25) is 0 Å². The van der Waals surface area contributed by atoms with Gasteiger partial charge >= 0.3 is 6.03 Å². The van der Waals surface area contributed by atoms with Crippen LogP contribution in [0.1, 0.15) is 49.7 Å². The number of aryl methyl sites for hydroxylation is 1. The summed E-state index contributed by atoms with van der Waals surface area (Å²) in [6.07, 6.45) is 3.71. The van der Waals surface area contributed by atoms with Crippen molar-refractivity contribution in [1.29, 1.82) is 0 Å². The number of halogens is 1. The molecule has 0 saturated carbocycles. The number of anilines is 3. The van der Waals surface area contributed by atoms with Gasteiger partial charge < -0.3 is 29.9 Å². The number of urea groups is 1. The lowest BCUT2D eigenvalue weighted by molar-refractivity contribution is 0.0297. The molecule has 0 radical (unpaired) electrons. The Labute approximate surface area is 243 Å². The van der Waals surface area contributed by atoms with E-state index in [4.69, 9.17) is 19.4 Å². The number of fused-ring (bicyclic) bond motifs is 3. The molecule has 2 saturated heterocycles. The largest absolute Gasteiger partial charge is 0.469 e. The molecule has 2 fully saturated rings. The molecule has 2 bridgehead atoms. The van der Waals surface area contributed by atoms with Crippen LogP contribution in [0.5, 0.6) is 5.88 Å². The first-order valence-corrected chi connectivity index (χ1v) is 14.2.